The highest BCUT2D eigenvalue weighted by atomic mass is 79.9. The van der Waals surface area contributed by atoms with Gasteiger partial charge in [0.15, 0.2) is 0 Å². The maximum absolute atomic E-state index is 5.61. The smallest absolute Gasteiger partial charge is 0.0739 e. The van der Waals surface area contributed by atoms with Crippen molar-refractivity contribution in [2.24, 2.45) is 7.05 Å². The highest BCUT2D eigenvalue weighted by Crippen LogP contribution is 2.24. The summed E-state index contributed by atoms with van der Waals surface area (Å²) in [6.07, 6.45) is 1.44. The fraction of sp³-hybridized carbons (Fsp3) is 0.750. The van der Waals surface area contributed by atoms with Gasteiger partial charge in [0.1, 0.15) is 0 Å². The van der Waals surface area contributed by atoms with Gasteiger partial charge in [-0.2, -0.15) is 5.10 Å². The Labute approximate surface area is 111 Å². The summed E-state index contributed by atoms with van der Waals surface area (Å²) >= 11 is 3.61. The summed E-state index contributed by atoms with van der Waals surface area (Å²) in [5.74, 6) is 0. The van der Waals surface area contributed by atoms with Gasteiger partial charge in [-0.25, -0.2) is 0 Å². The molecule has 1 saturated heterocycles. The van der Waals surface area contributed by atoms with Crippen molar-refractivity contribution in [3.8, 4) is 0 Å². The number of hydrogen-bond donors (Lipinski definition) is 0. The van der Waals surface area contributed by atoms with Crippen LogP contribution >= 0.6 is 15.9 Å². The minimum Gasteiger partial charge on any atom is -0.377 e. The van der Waals surface area contributed by atoms with E-state index in [2.05, 4.69) is 39.9 Å². The Morgan fingerprint density at radius 2 is 2.29 bits per heavy atom. The van der Waals surface area contributed by atoms with E-state index in [0.717, 1.165) is 29.7 Å². The Morgan fingerprint density at radius 3 is 2.76 bits per heavy atom. The molecule has 0 aliphatic carbocycles. The summed E-state index contributed by atoms with van der Waals surface area (Å²) in [4.78, 5) is 2.36. The quantitative estimate of drug-likeness (QED) is 0.856. The van der Waals surface area contributed by atoms with E-state index in [1.54, 1.807) is 0 Å². The number of rotatable bonds is 3. The number of hydrogen-bond acceptors (Lipinski definition) is 3. The van der Waals surface area contributed by atoms with E-state index in [1.165, 1.54) is 5.69 Å². The van der Waals surface area contributed by atoms with Crippen LogP contribution in [0.2, 0.25) is 0 Å². The van der Waals surface area contributed by atoms with Gasteiger partial charge < -0.3 is 4.74 Å². The van der Waals surface area contributed by atoms with Gasteiger partial charge in [-0.05, 0) is 43.2 Å². The summed E-state index contributed by atoms with van der Waals surface area (Å²) in [6, 6.07) is 0.511. The molecule has 1 aromatic rings. The third kappa shape index (κ3) is 2.56. The largest absolute Gasteiger partial charge is 0.377 e. The van der Waals surface area contributed by atoms with Crippen LogP contribution < -0.4 is 0 Å². The molecule has 2 heterocycles. The third-order valence-electron chi connectivity index (χ3n) is 3.56. The van der Waals surface area contributed by atoms with E-state index in [4.69, 9.17) is 4.74 Å². The monoisotopic (exact) mass is 301 g/mol. The van der Waals surface area contributed by atoms with Crippen molar-refractivity contribution in [3.05, 3.63) is 15.9 Å². The Hall–Kier alpha value is -0.390. The van der Waals surface area contributed by atoms with Crippen molar-refractivity contribution in [1.29, 1.82) is 0 Å². The molecule has 1 fully saturated rings. The van der Waals surface area contributed by atoms with Crippen LogP contribution in [0.4, 0.5) is 0 Å². The van der Waals surface area contributed by atoms with Crippen LogP contribution in [0.5, 0.6) is 0 Å². The summed E-state index contributed by atoms with van der Waals surface area (Å²) in [6.45, 7) is 5.95. The van der Waals surface area contributed by atoms with Crippen LogP contribution in [0.25, 0.3) is 0 Å². The van der Waals surface area contributed by atoms with Crippen molar-refractivity contribution in [3.63, 3.8) is 0 Å². The van der Waals surface area contributed by atoms with Crippen molar-refractivity contribution >= 4 is 15.9 Å². The third-order valence-corrected chi connectivity index (χ3v) is 4.59. The normalized spacial score (nSPS) is 24.8. The zero-order valence-electron chi connectivity index (χ0n) is 10.9. The standard InChI is InChI=1S/C12H20BrN3O/c1-8-12(13)11(16(4)14-8)7-15(3)10-5-6-17-9(10)2/h9-10H,5-7H2,1-4H3. The first kappa shape index (κ1) is 13.1. The van der Waals surface area contributed by atoms with E-state index in [-0.39, 0.29) is 0 Å². The van der Waals surface area contributed by atoms with Crippen molar-refractivity contribution in [1.82, 2.24) is 14.7 Å². The van der Waals surface area contributed by atoms with Gasteiger partial charge in [0, 0.05) is 26.2 Å². The molecule has 2 unspecified atom stereocenters. The van der Waals surface area contributed by atoms with Crippen LogP contribution in [0.15, 0.2) is 4.47 Å². The van der Waals surface area contributed by atoms with Gasteiger partial charge >= 0.3 is 0 Å². The molecule has 5 heteroatoms. The lowest BCUT2D eigenvalue weighted by molar-refractivity contribution is 0.0806. The Bertz CT molecular complexity index is 405. The second-order valence-corrected chi connectivity index (χ2v) is 5.61. The Balaban J connectivity index is 2.10. The van der Waals surface area contributed by atoms with Crippen molar-refractivity contribution in [2.45, 2.75) is 39.0 Å². The number of nitrogens with zero attached hydrogens (tertiary/aromatic N) is 3. The number of ether oxygens (including phenoxy) is 1. The molecule has 0 amide bonds. The molecule has 17 heavy (non-hydrogen) atoms. The Morgan fingerprint density at radius 1 is 1.59 bits per heavy atom. The van der Waals surface area contributed by atoms with E-state index in [0.29, 0.717) is 12.1 Å². The lowest BCUT2D eigenvalue weighted by Crippen LogP contribution is -2.36. The van der Waals surface area contributed by atoms with Crippen molar-refractivity contribution < 1.29 is 4.74 Å². The SMILES string of the molecule is Cc1nn(C)c(CN(C)C2CCOC2C)c1Br. The van der Waals surface area contributed by atoms with Crippen molar-refractivity contribution in [2.75, 3.05) is 13.7 Å². The molecule has 1 aromatic heterocycles. The van der Waals surface area contributed by atoms with Gasteiger partial charge in [-0.3, -0.25) is 9.58 Å². The molecule has 0 aromatic carbocycles. The molecule has 1 aliphatic heterocycles. The average Bonchev–Trinajstić information content (AvgIpc) is 2.78. The molecule has 0 N–H and O–H groups in total. The first-order valence-electron chi connectivity index (χ1n) is 6.00. The predicted molar refractivity (Wildman–Crippen MR) is 70.9 cm³/mol. The molecule has 0 saturated carbocycles. The lowest BCUT2D eigenvalue weighted by Gasteiger charge is -2.26. The fourth-order valence-corrected chi connectivity index (χ4v) is 2.97. The van der Waals surface area contributed by atoms with E-state index >= 15 is 0 Å². The number of aromatic nitrogens is 2. The molecule has 2 rings (SSSR count). The molecule has 4 nitrogen and oxygen atoms in total. The van der Waals surface area contributed by atoms with Crippen LogP contribution in [-0.4, -0.2) is 40.5 Å². The first-order valence-corrected chi connectivity index (χ1v) is 6.79. The second kappa shape index (κ2) is 5.08. The first-order chi connectivity index (χ1) is 8.00. The minimum atomic E-state index is 0.327. The van der Waals surface area contributed by atoms with Crippen LogP contribution in [0.1, 0.15) is 24.7 Å². The maximum Gasteiger partial charge on any atom is 0.0739 e. The van der Waals surface area contributed by atoms with Crippen LogP contribution in [0, 0.1) is 6.92 Å². The van der Waals surface area contributed by atoms with E-state index < -0.39 is 0 Å². The van der Waals surface area contributed by atoms with Crippen LogP contribution in [0.3, 0.4) is 0 Å². The summed E-state index contributed by atoms with van der Waals surface area (Å²) in [5.41, 5.74) is 2.27. The molecular formula is C12H20BrN3O. The van der Waals surface area contributed by atoms with Gasteiger partial charge in [0.05, 0.1) is 22.0 Å². The highest BCUT2D eigenvalue weighted by molar-refractivity contribution is 9.10. The zero-order chi connectivity index (χ0) is 12.6. The molecule has 96 valence electrons. The fourth-order valence-electron chi connectivity index (χ4n) is 2.50. The average molecular weight is 302 g/mol. The number of likely N-dealkylation sites (N-methyl/N-ethyl adjacent to an activating group) is 1. The van der Waals surface area contributed by atoms with Gasteiger partial charge in [0.2, 0.25) is 0 Å². The number of halogens is 1. The molecule has 1 aliphatic rings. The molecule has 0 radical (unpaired) electrons. The number of aryl methyl sites for hydroxylation is 2. The summed E-state index contributed by atoms with van der Waals surface area (Å²) in [7, 11) is 4.15. The van der Waals surface area contributed by atoms with Gasteiger partial charge in [-0.15, -0.1) is 0 Å². The molecule has 0 spiro atoms. The van der Waals surface area contributed by atoms with E-state index in [1.807, 2.05) is 18.7 Å². The second-order valence-electron chi connectivity index (χ2n) is 4.82. The Kier molecular flexibility index (Phi) is 3.90. The van der Waals surface area contributed by atoms with Gasteiger partial charge in [0.25, 0.3) is 0 Å². The van der Waals surface area contributed by atoms with E-state index in [9.17, 15) is 0 Å². The maximum atomic E-state index is 5.61. The molecule has 0 bridgehead atoms. The molecule has 2 atom stereocenters. The lowest BCUT2D eigenvalue weighted by atomic mass is 10.1. The topological polar surface area (TPSA) is 30.3 Å². The van der Waals surface area contributed by atoms with Gasteiger partial charge in [-0.1, -0.05) is 0 Å². The minimum absolute atomic E-state index is 0.327. The zero-order valence-corrected chi connectivity index (χ0v) is 12.5. The van der Waals surface area contributed by atoms with Crippen LogP contribution in [-0.2, 0) is 18.3 Å². The highest BCUT2D eigenvalue weighted by Gasteiger charge is 2.28. The summed E-state index contributed by atoms with van der Waals surface area (Å²) in [5, 5.41) is 4.42. The summed E-state index contributed by atoms with van der Waals surface area (Å²) < 4.78 is 8.69. The predicted octanol–water partition coefficient (Wildman–Crippen LogP) is 2.10. The molecular weight excluding hydrogens is 282 g/mol.